The number of carbonyl (C=O) groups is 1. The van der Waals surface area contributed by atoms with Crippen LogP contribution in [0.3, 0.4) is 0 Å². The monoisotopic (exact) mass is 332 g/mol. The van der Waals surface area contributed by atoms with E-state index in [1.54, 1.807) is 0 Å². The largest absolute Gasteiger partial charge is 0.357 e. The van der Waals surface area contributed by atoms with Crippen LogP contribution in [0.15, 0.2) is 0 Å². The smallest absolute Gasteiger partial charge is 0.264 e. The van der Waals surface area contributed by atoms with Gasteiger partial charge in [0.25, 0.3) is 5.91 Å². The first kappa shape index (κ1) is 16.2. The highest BCUT2D eigenvalue weighted by molar-refractivity contribution is 7.20. The molecule has 1 fully saturated rings. The lowest BCUT2D eigenvalue weighted by Crippen LogP contribution is -2.27. The van der Waals surface area contributed by atoms with Gasteiger partial charge in [0.1, 0.15) is 16.5 Å². The summed E-state index contributed by atoms with van der Waals surface area (Å²) in [4.78, 5) is 28.0. The highest BCUT2D eigenvalue weighted by atomic mass is 32.1. The average molecular weight is 332 g/mol. The van der Waals surface area contributed by atoms with Gasteiger partial charge in [-0.3, -0.25) is 4.79 Å². The minimum absolute atomic E-state index is 0.158. The number of anilines is 1. The van der Waals surface area contributed by atoms with E-state index in [9.17, 15) is 4.79 Å². The van der Waals surface area contributed by atoms with Gasteiger partial charge in [-0.1, -0.05) is 0 Å². The van der Waals surface area contributed by atoms with E-state index in [2.05, 4.69) is 28.7 Å². The quantitative estimate of drug-likeness (QED) is 0.861. The van der Waals surface area contributed by atoms with E-state index in [-0.39, 0.29) is 5.91 Å². The van der Waals surface area contributed by atoms with Gasteiger partial charge >= 0.3 is 0 Å². The Morgan fingerprint density at radius 1 is 1.17 bits per heavy atom. The van der Waals surface area contributed by atoms with Crippen LogP contribution in [0, 0.1) is 13.8 Å². The van der Waals surface area contributed by atoms with Crippen molar-refractivity contribution in [2.24, 2.45) is 0 Å². The van der Waals surface area contributed by atoms with Gasteiger partial charge in [-0.25, -0.2) is 9.97 Å². The highest BCUT2D eigenvalue weighted by Crippen LogP contribution is 2.36. The molecule has 0 atom stereocenters. The van der Waals surface area contributed by atoms with Crippen molar-refractivity contribution in [2.45, 2.75) is 40.5 Å². The van der Waals surface area contributed by atoms with Crippen molar-refractivity contribution in [3.8, 4) is 0 Å². The summed E-state index contributed by atoms with van der Waals surface area (Å²) in [7, 11) is 0. The molecule has 1 aliphatic rings. The lowest BCUT2D eigenvalue weighted by molar-refractivity contribution is 0.0797. The molecular formula is C17H24N4OS. The molecule has 0 aromatic carbocycles. The molecule has 0 unspecified atom stereocenters. The molecule has 1 aliphatic heterocycles. The third-order valence-electron chi connectivity index (χ3n) is 4.53. The molecule has 0 bridgehead atoms. The summed E-state index contributed by atoms with van der Waals surface area (Å²) in [5.74, 6) is 1.89. The predicted molar refractivity (Wildman–Crippen MR) is 95.6 cm³/mol. The van der Waals surface area contributed by atoms with E-state index in [1.807, 2.05) is 18.7 Å². The van der Waals surface area contributed by atoms with Gasteiger partial charge < -0.3 is 9.80 Å². The maximum atomic E-state index is 12.8. The van der Waals surface area contributed by atoms with Crippen LogP contribution in [0.1, 0.15) is 47.7 Å². The van der Waals surface area contributed by atoms with E-state index in [1.165, 1.54) is 11.3 Å². The van der Waals surface area contributed by atoms with E-state index >= 15 is 0 Å². The fourth-order valence-corrected chi connectivity index (χ4v) is 4.43. The van der Waals surface area contributed by atoms with E-state index in [0.717, 1.165) is 71.3 Å². The molecule has 0 N–H and O–H groups in total. The number of likely N-dealkylation sites (tertiary alicyclic amines) is 1. The molecule has 1 saturated heterocycles. The summed E-state index contributed by atoms with van der Waals surface area (Å²) < 4.78 is 0. The van der Waals surface area contributed by atoms with E-state index in [4.69, 9.17) is 0 Å². The first-order valence-corrected chi connectivity index (χ1v) is 9.20. The zero-order valence-electron chi connectivity index (χ0n) is 14.3. The maximum absolute atomic E-state index is 12.8. The fraction of sp³-hybridized carbons (Fsp3) is 0.588. The Balaban J connectivity index is 2.14. The molecule has 5 nitrogen and oxygen atoms in total. The summed E-state index contributed by atoms with van der Waals surface area (Å²) in [6, 6.07) is 0. The third kappa shape index (κ3) is 2.80. The molecular weight excluding hydrogens is 308 g/mol. The maximum Gasteiger partial charge on any atom is 0.264 e. The van der Waals surface area contributed by atoms with Crippen LogP contribution < -0.4 is 4.90 Å². The Hall–Kier alpha value is -1.69. The molecule has 3 heterocycles. The average Bonchev–Trinajstić information content (AvgIpc) is 3.16. The van der Waals surface area contributed by atoms with Crippen LogP contribution in [-0.4, -0.2) is 47.0 Å². The number of aryl methyl sites for hydroxylation is 2. The lowest BCUT2D eigenvalue weighted by atomic mass is 10.1. The first-order valence-electron chi connectivity index (χ1n) is 8.38. The first-order chi connectivity index (χ1) is 11.1. The van der Waals surface area contributed by atoms with Crippen LogP contribution in [0.2, 0.25) is 0 Å². The number of amides is 1. The summed E-state index contributed by atoms with van der Waals surface area (Å²) >= 11 is 1.52. The van der Waals surface area contributed by atoms with Gasteiger partial charge in [0.15, 0.2) is 0 Å². The second kappa shape index (κ2) is 6.43. The number of hydrogen-bond donors (Lipinski definition) is 0. The second-order valence-corrected chi connectivity index (χ2v) is 7.00. The van der Waals surface area contributed by atoms with Crippen molar-refractivity contribution in [3.05, 3.63) is 16.3 Å². The highest BCUT2D eigenvalue weighted by Gasteiger charge is 2.26. The molecule has 3 rings (SSSR count). The van der Waals surface area contributed by atoms with Crippen molar-refractivity contribution in [2.75, 3.05) is 31.1 Å². The summed E-state index contributed by atoms with van der Waals surface area (Å²) in [5.41, 5.74) is 1.03. The Bertz CT molecular complexity index is 730. The summed E-state index contributed by atoms with van der Waals surface area (Å²) in [6.45, 7) is 11.8. The van der Waals surface area contributed by atoms with Crippen molar-refractivity contribution in [1.82, 2.24) is 14.9 Å². The number of rotatable bonds is 4. The number of aromatic nitrogens is 2. The Morgan fingerprint density at radius 2 is 1.83 bits per heavy atom. The van der Waals surface area contributed by atoms with Gasteiger partial charge in [-0.15, -0.1) is 11.3 Å². The summed E-state index contributed by atoms with van der Waals surface area (Å²) in [6.07, 6.45) is 2.22. The number of nitrogens with zero attached hydrogens (tertiary/aromatic N) is 4. The number of fused-ring (bicyclic) bond motifs is 1. The minimum Gasteiger partial charge on any atom is -0.357 e. The van der Waals surface area contributed by atoms with Crippen molar-refractivity contribution in [3.63, 3.8) is 0 Å². The van der Waals surface area contributed by atoms with Crippen LogP contribution in [0.4, 0.5) is 5.82 Å². The molecule has 124 valence electrons. The molecule has 0 saturated carbocycles. The molecule has 23 heavy (non-hydrogen) atoms. The molecule has 0 radical (unpaired) electrons. The van der Waals surface area contributed by atoms with Crippen LogP contribution in [-0.2, 0) is 0 Å². The zero-order valence-corrected chi connectivity index (χ0v) is 15.2. The number of carbonyl (C=O) groups excluding carboxylic acids is 1. The number of hydrogen-bond acceptors (Lipinski definition) is 5. The van der Waals surface area contributed by atoms with Gasteiger partial charge in [0.2, 0.25) is 0 Å². The molecule has 6 heteroatoms. The van der Waals surface area contributed by atoms with Crippen molar-refractivity contribution < 1.29 is 4.79 Å². The summed E-state index contributed by atoms with van der Waals surface area (Å²) in [5, 5.41) is 1.05. The van der Waals surface area contributed by atoms with E-state index in [0.29, 0.717) is 0 Å². The molecule has 0 spiro atoms. The van der Waals surface area contributed by atoms with Gasteiger partial charge in [-0.05, 0) is 46.1 Å². The van der Waals surface area contributed by atoms with E-state index < -0.39 is 0 Å². The van der Waals surface area contributed by atoms with Crippen LogP contribution >= 0.6 is 11.3 Å². The Kier molecular flexibility index (Phi) is 4.53. The van der Waals surface area contributed by atoms with Crippen LogP contribution in [0.5, 0.6) is 0 Å². The molecule has 2 aromatic rings. The van der Waals surface area contributed by atoms with Gasteiger partial charge in [0, 0.05) is 26.2 Å². The topological polar surface area (TPSA) is 49.3 Å². The zero-order chi connectivity index (χ0) is 16.6. The Morgan fingerprint density at radius 3 is 2.43 bits per heavy atom. The normalized spacial score (nSPS) is 14.7. The van der Waals surface area contributed by atoms with Crippen LogP contribution in [0.25, 0.3) is 10.2 Å². The van der Waals surface area contributed by atoms with Crippen molar-refractivity contribution >= 4 is 33.3 Å². The minimum atomic E-state index is 0.158. The molecule has 0 aliphatic carbocycles. The fourth-order valence-electron chi connectivity index (χ4n) is 3.24. The standard InChI is InChI=1S/C17H24N4OS/c1-5-20(6-2)15-13-11(3)14(17(22)21-9-7-8-10-21)23-16(13)19-12(4)18-15/h5-10H2,1-4H3. The van der Waals surface area contributed by atoms with Crippen molar-refractivity contribution in [1.29, 1.82) is 0 Å². The Labute approximate surface area is 141 Å². The predicted octanol–water partition coefficient (Wildman–Crippen LogP) is 3.39. The third-order valence-corrected chi connectivity index (χ3v) is 5.71. The van der Waals surface area contributed by atoms with Gasteiger partial charge in [0.05, 0.1) is 10.3 Å². The van der Waals surface area contributed by atoms with Gasteiger partial charge in [-0.2, -0.15) is 0 Å². The number of thiophene rings is 1. The lowest BCUT2D eigenvalue weighted by Gasteiger charge is -2.21. The second-order valence-electron chi connectivity index (χ2n) is 6.00. The molecule has 2 aromatic heterocycles. The SMILES string of the molecule is CCN(CC)c1nc(C)nc2sc(C(=O)N3CCCC3)c(C)c12. The molecule has 1 amide bonds.